The second-order valence-electron chi connectivity index (χ2n) is 9.87. The van der Waals surface area contributed by atoms with Crippen molar-refractivity contribution in [1.29, 1.82) is 0 Å². The first-order valence-corrected chi connectivity index (χ1v) is 13.4. The number of benzene rings is 2. The minimum atomic E-state index is -3.71. The Labute approximate surface area is 207 Å². The van der Waals surface area contributed by atoms with Crippen LogP contribution < -0.4 is 4.31 Å². The molecule has 184 valence electrons. The summed E-state index contributed by atoms with van der Waals surface area (Å²) in [7, 11) is -2.10. The molecule has 0 aliphatic carbocycles. The van der Waals surface area contributed by atoms with Gasteiger partial charge in [-0.3, -0.25) is 14.2 Å². The van der Waals surface area contributed by atoms with Gasteiger partial charge in [0.25, 0.3) is 0 Å². The molecule has 8 heteroatoms. The van der Waals surface area contributed by atoms with Crippen molar-refractivity contribution >= 4 is 15.9 Å². The van der Waals surface area contributed by atoms with Gasteiger partial charge in [-0.15, -0.1) is 0 Å². The fraction of sp³-hybridized carbons (Fsp3) is 0.370. The van der Waals surface area contributed by atoms with Gasteiger partial charge in [-0.25, -0.2) is 4.39 Å². The van der Waals surface area contributed by atoms with Crippen LogP contribution in [0.1, 0.15) is 30.9 Å². The maximum Gasteiger partial charge on any atom is 0.304 e. The van der Waals surface area contributed by atoms with Gasteiger partial charge in [-0.05, 0) is 68.1 Å². The number of hydrogen-bond donors (Lipinski definition) is 0. The Kier molecular flexibility index (Phi) is 6.15. The summed E-state index contributed by atoms with van der Waals surface area (Å²) in [6.45, 7) is 6.15. The zero-order valence-corrected chi connectivity index (χ0v) is 21.2. The number of pyridine rings is 1. The zero-order chi connectivity index (χ0) is 24.8. The van der Waals surface area contributed by atoms with Gasteiger partial charge in [-0.1, -0.05) is 30.3 Å². The van der Waals surface area contributed by atoms with Gasteiger partial charge in [0.05, 0.1) is 16.9 Å². The fourth-order valence-corrected chi connectivity index (χ4v) is 7.46. The highest BCUT2D eigenvalue weighted by atomic mass is 32.2. The maximum absolute atomic E-state index is 14.0. The van der Waals surface area contributed by atoms with Gasteiger partial charge in [0, 0.05) is 44.5 Å². The van der Waals surface area contributed by atoms with E-state index < -0.39 is 21.6 Å². The van der Waals surface area contributed by atoms with E-state index in [0.717, 1.165) is 24.3 Å². The molecule has 1 aromatic heterocycles. The van der Waals surface area contributed by atoms with Gasteiger partial charge in [0.1, 0.15) is 5.82 Å². The van der Waals surface area contributed by atoms with Crippen LogP contribution in [0.4, 0.5) is 10.1 Å². The Balaban J connectivity index is 1.38. The summed E-state index contributed by atoms with van der Waals surface area (Å²) < 4.78 is 43.4. The Hall–Kier alpha value is -2.81. The smallest absolute Gasteiger partial charge is 0.296 e. The lowest BCUT2D eigenvalue weighted by atomic mass is 9.82. The van der Waals surface area contributed by atoms with E-state index in [9.17, 15) is 12.8 Å². The number of anilines is 1. The zero-order valence-electron chi connectivity index (χ0n) is 20.4. The second kappa shape index (κ2) is 9.00. The third kappa shape index (κ3) is 4.35. The van der Waals surface area contributed by atoms with E-state index in [1.165, 1.54) is 31.9 Å². The van der Waals surface area contributed by atoms with Gasteiger partial charge < -0.3 is 0 Å². The predicted molar refractivity (Wildman–Crippen MR) is 137 cm³/mol. The molecule has 3 heterocycles. The van der Waals surface area contributed by atoms with Crippen molar-refractivity contribution in [2.24, 2.45) is 0 Å². The van der Waals surface area contributed by atoms with Gasteiger partial charge >= 0.3 is 10.2 Å². The van der Waals surface area contributed by atoms with Gasteiger partial charge in [-0.2, -0.15) is 12.7 Å². The van der Waals surface area contributed by atoms with Crippen molar-refractivity contribution in [2.75, 3.05) is 24.4 Å². The minimum absolute atomic E-state index is 0.150. The fourth-order valence-electron chi connectivity index (χ4n) is 5.68. The molecule has 0 saturated carbocycles. The lowest BCUT2D eigenvalue weighted by Gasteiger charge is -2.47. The van der Waals surface area contributed by atoms with Gasteiger partial charge in [0.15, 0.2) is 0 Å². The molecule has 2 aromatic carbocycles. The van der Waals surface area contributed by atoms with Gasteiger partial charge in [0.2, 0.25) is 0 Å². The van der Waals surface area contributed by atoms with Crippen molar-refractivity contribution in [1.82, 2.24) is 14.2 Å². The van der Waals surface area contributed by atoms with Crippen LogP contribution in [-0.4, -0.2) is 54.3 Å². The highest BCUT2D eigenvalue weighted by Gasteiger charge is 2.55. The number of likely N-dealkylation sites (tertiary alicyclic amines) is 1. The third-order valence-corrected chi connectivity index (χ3v) is 9.39. The van der Waals surface area contributed by atoms with E-state index in [0.29, 0.717) is 25.1 Å². The van der Waals surface area contributed by atoms with Crippen LogP contribution >= 0.6 is 0 Å². The molecular formula is C27H31FN4O2S. The van der Waals surface area contributed by atoms with E-state index in [-0.39, 0.29) is 6.04 Å². The first kappa shape index (κ1) is 23.9. The first-order valence-electron chi connectivity index (χ1n) is 12.0. The third-order valence-electron chi connectivity index (χ3n) is 7.41. The first-order chi connectivity index (χ1) is 16.7. The Morgan fingerprint density at radius 2 is 1.91 bits per heavy atom. The highest BCUT2D eigenvalue weighted by molar-refractivity contribution is 7.90. The van der Waals surface area contributed by atoms with E-state index in [1.54, 1.807) is 19.2 Å². The lowest BCUT2D eigenvalue weighted by Crippen LogP contribution is -2.57. The number of hydrogen-bond acceptors (Lipinski definition) is 4. The molecule has 2 atom stereocenters. The topological polar surface area (TPSA) is 56.8 Å². The number of nitrogens with zero attached hydrogens (tertiary/aromatic N) is 4. The molecule has 0 amide bonds. The number of halogens is 1. The molecular weight excluding hydrogens is 463 g/mol. The monoisotopic (exact) mass is 494 g/mol. The molecule has 2 aliphatic rings. The average Bonchev–Trinajstić information content (AvgIpc) is 3.00. The Morgan fingerprint density at radius 1 is 1.11 bits per heavy atom. The number of likely N-dealkylation sites (N-methyl/N-ethyl adjacent to an activating group) is 1. The molecule has 2 aliphatic heterocycles. The van der Waals surface area contributed by atoms with Crippen molar-refractivity contribution in [3.05, 3.63) is 83.8 Å². The number of aryl methyl sites for hydroxylation is 1. The summed E-state index contributed by atoms with van der Waals surface area (Å²) in [6.07, 6.45) is 3.20. The Bertz CT molecular complexity index is 1350. The molecule has 0 unspecified atom stereocenters. The van der Waals surface area contributed by atoms with E-state index in [4.69, 9.17) is 0 Å². The van der Waals surface area contributed by atoms with Crippen molar-refractivity contribution in [3.63, 3.8) is 0 Å². The van der Waals surface area contributed by atoms with Crippen LogP contribution in [0.25, 0.3) is 11.3 Å². The quantitative estimate of drug-likeness (QED) is 0.531. The maximum atomic E-state index is 14.0. The molecule has 0 radical (unpaired) electrons. The van der Waals surface area contributed by atoms with Crippen molar-refractivity contribution < 1.29 is 12.8 Å². The van der Waals surface area contributed by atoms with Crippen molar-refractivity contribution in [3.8, 4) is 11.3 Å². The standard InChI is InChI=1S/C27H31FN4O2S/c1-20-7-4-5-10-25(20)26-15-22(11-13-29-26)18-31-14-12-27(17-21(31)2)19-30(3)35(33,34)32(27)24-9-6-8-23(28)16-24/h4-11,13,15-16,21H,12,14,17-19H2,1-3H3/t21-,27+/m0/s1. The average molecular weight is 495 g/mol. The molecule has 1 spiro atoms. The summed E-state index contributed by atoms with van der Waals surface area (Å²) in [4.78, 5) is 6.99. The van der Waals surface area contributed by atoms with E-state index in [2.05, 4.69) is 41.9 Å². The lowest BCUT2D eigenvalue weighted by molar-refractivity contribution is 0.100. The van der Waals surface area contributed by atoms with Crippen LogP contribution in [0.2, 0.25) is 0 Å². The number of rotatable bonds is 4. The summed E-state index contributed by atoms with van der Waals surface area (Å²) in [5, 5.41) is 0. The molecule has 2 fully saturated rings. The number of aromatic nitrogens is 1. The molecule has 6 nitrogen and oxygen atoms in total. The molecule has 0 bridgehead atoms. The number of piperidine rings is 1. The van der Waals surface area contributed by atoms with E-state index in [1.807, 2.05) is 24.4 Å². The second-order valence-corrected chi connectivity index (χ2v) is 11.8. The minimum Gasteiger partial charge on any atom is -0.296 e. The van der Waals surface area contributed by atoms with Crippen LogP contribution in [-0.2, 0) is 16.8 Å². The van der Waals surface area contributed by atoms with E-state index >= 15 is 0 Å². The van der Waals surface area contributed by atoms with Crippen molar-refractivity contribution in [2.45, 2.75) is 44.8 Å². The molecule has 2 saturated heterocycles. The molecule has 5 rings (SSSR count). The molecule has 35 heavy (non-hydrogen) atoms. The SMILES string of the molecule is Cc1ccccc1-c1cc(CN2CC[C@@]3(C[C@@H]2C)CN(C)S(=O)(=O)N3c2cccc(F)c2)ccn1. The Morgan fingerprint density at radius 3 is 2.66 bits per heavy atom. The normalized spacial score (nSPS) is 24.8. The summed E-state index contributed by atoms with van der Waals surface area (Å²) in [6, 6.07) is 18.5. The van der Waals surface area contributed by atoms with Crippen LogP contribution in [0, 0.1) is 12.7 Å². The summed E-state index contributed by atoms with van der Waals surface area (Å²) in [5.74, 6) is -0.435. The molecule has 0 N–H and O–H groups in total. The highest BCUT2D eigenvalue weighted by Crippen LogP contribution is 2.44. The van der Waals surface area contributed by atoms with Crippen LogP contribution in [0.3, 0.4) is 0 Å². The van der Waals surface area contributed by atoms with Crippen LogP contribution in [0.15, 0.2) is 66.9 Å². The summed E-state index contributed by atoms with van der Waals surface area (Å²) in [5.41, 5.74) is 4.26. The summed E-state index contributed by atoms with van der Waals surface area (Å²) >= 11 is 0. The predicted octanol–water partition coefficient (Wildman–Crippen LogP) is 4.62. The molecule has 3 aromatic rings. The largest absolute Gasteiger partial charge is 0.304 e. The van der Waals surface area contributed by atoms with Crippen LogP contribution in [0.5, 0.6) is 0 Å².